The summed E-state index contributed by atoms with van der Waals surface area (Å²) in [4.78, 5) is 0. The van der Waals surface area contributed by atoms with Crippen LogP contribution in [0.15, 0.2) is 53.7 Å². The second-order valence-corrected chi connectivity index (χ2v) is 6.18. The van der Waals surface area contributed by atoms with E-state index in [-0.39, 0.29) is 0 Å². The van der Waals surface area contributed by atoms with E-state index < -0.39 is 0 Å². The molecule has 128 valence electrons. The number of benzene rings is 2. The maximum Gasteiger partial charge on any atom is 0.118 e. The van der Waals surface area contributed by atoms with Gasteiger partial charge in [-0.05, 0) is 42.0 Å². The molecule has 0 spiro atoms. The molecule has 0 aliphatic carbocycles. The van der Waals surface area contributed by atoms with Crippen molar-refractivity contribution in [3.63, 3.8) is 0 Å². The van der Waals surface area contributed by atoms with E-state index in [9.17, 15) is 0 Å². The van der Waals surface area contributed by atoms with Crippen molar-refractivity contribution < 1.29 is 9.94 Å². The summed E-state index contributed by atoms with van der Waals surface area (Å²) < 4.78 is 6.90. The Balaban J connectivity index is 2.02. The lowest BCUT2D eigenvalue weighted by molar-refractivity contribution is 0.321. The highest BCUT2D eigenvalue weighted by Gasteiger charge is 2.13. The van der Waals surface area contributed by atoms with Crippen LogP contribution in [0.1, 0.15) is 17.0 Å². The second kappa shape index (κ2) is 7.59. The van der Waals surface area contributed by atoms with Gasteiger partial charge in [-0.2, -0.15) is 5.10 Å². The third kappa shape index (κ3) is 3.95. The Hall–Kier alpha value is -2.50. The molecule has 0 aliphatic heterocycles. The van der Waals surface area contributed by atoms with Gasteiger partial charge < -0.3 is 9.94 Å². The molecule has 25 heavy (non-hydrogen) atoms. The topological polar surface area (TPSA) is 59.6 Å². The second-order valence-electron chi connectivity index (χ2n) is 5.34. The predicted octanol–water partition coefficient (Wildman–Crippen LogP) is 4.59. The van der Waals surface area contributed by atoms with Crippen molar-refractivity contribution in [1.29, 1.82) is 0 Å². The molecule has 0 amide bonds. The van der Waals surface area contributed by atoms with Crippen molar-refractivity contribution in [1.82, 2.24) is 9.78 Å². The molecule has 0 fully saturated rings. The summed E-state index contributed by atoms with van der Waals surface area (Å²) in [5, 5.41) is 17.3. The maximum absolute atomic E-state index is 8.79. The van der Waals surface area contributed by atoms with Gasteiger partial charge in [-0.25, -0.2) is 4.68 Å². The summed E-state index contributed by atoms with van der Waals surface area (Å²) in [5.41, 5.74) is 3.20. The summed E-state index contributed by atoms with van der Waals surface area (Å²) in [6, 6.07) is 14.8. The fourth-order valence-corrected chi connectivity index (χ4v) is 2.99. The van der Waals surface area contributed by atoms with E-state index in [4.69, 9.17) is 33.1 Å². The summed E-state index contributed by atoms with van der Waals surface area (Å²) in [6.45, 7) is 0. The molecule has 3 aromatic rings. The number of halogens is 2. The zero-order chi connectivity index (χ0) is 17.8. The Morgan fingerprint density at radius 1 is 1.16 bits per heavy atom. The van der Waals surface area contributed by atoms with Gasteiger partial charge in [0.05, 0.1) is 24.0 Å². The molecule has 1 N–H and O–H groups in total. The van der Waals surface area contributed by atoms with Gasteiger partial charge in [0.25, 0.3) is 0 Å². The zero-order valence-corrected chi connectivity index (χ0v) is 14.9. The summed E-state index contributed by atoms with van der Waals surface area (Å²) in [6.07, 6.45) is 1.90. The minimum absolute atomic E-state index is 0.485. The van der Waals surface area contributed by atoms with E-state index >= 15 is 0 Å². The average Bonchev–Trinajstić information content (AvgIpc) is 2.98. The molecule has 5 nitrogen and oxygen atoms in total. The number of hydrogen-bond acceptors (Lipinski definition) is 4. The number of methoxy groups -OCH3 is 1. The van der Waals surface area contributed by atoms with E-state index in [1.807, 2.05) is 30.3 Å². The van der Waals surface area contributed by atoms with Crippen LogP contribution < -0.4 is 4.74 Å². The van der Waals surface area contributed by atoms with Crippen LogP contribution in [0.25, 0.3) is 5.69 Å². The number of nitrogens with zero attached hydrogens (tertiary/aromatic N) is 3. The van der Waals surface area contributed by atoms with Crippen molar-refractivity contribution in [3.8, 4) is 11.4 Å². The molecule has 0 aliphatic rings. The molecule has 1 heterocycles. The maximum atomic E-state index is 8.79. The van der Waals surface area contributed by atoms with Crippen LogP contribution in [0.2, 0.25) is 10.0 Å². The Labute approximate surface area is 155 Å². The van der Waals surface area contributed by atoms with Crippen LogP contribution in [0, 0.1) is 0 Å². The number of oxime groups is 1. The lowest BCUT2D eigenvalue weighted by Gasteiger charge is -2.10. The first-order valence-corrected chi connectivity index (χ1v) is 8.21. The quantitative estimate of drug-likeness (QED) is 0.403. The standard InChI is InChI=1S/C18H15Cl2N3O2/c1-25-16-5-2-12(3-6-16)8-15-10-14(11-21-24)22-23(15)18-7-4-13(19)9-17(18)20/h2-7,9-11,24H,8H2,1H3. The van der Waals surface area contributed by atoms with E-state index in [2.05, 4.69) is 10.3 Å². The minimum atomic E-state index is 0.485. The van der Waals surface area contributed by atoms with Gasteiger partial charge in [-0.1, -0.05) is 40.5 Å². The fraction of sp³-hybridized carbons (Fsp3) is 0.111. The molecule has 0 saturated heterocycles. The summed E-state index contributed by atoms with van der Waals surface area (Å²) in [5.74, 6) is 0.797. The van der Waals surface area contributed by atoms with Crippen LogP contribution in [0.3, 0.4) is 0 Å². The highest BCUT2D eigenvalue weighted by atomic mass is 35.5. The van der Waals surface area contributed by atoms with Crippen LogP contribution in [-0.4, -0.2) is 28.3 Å². The predicted molar refractivity (Wildman–Crippen MR) is 98.8 cm³/mol. The SMILES string of the molecule is COc1ccc(Cc2cc(C=NO)nn2-c2ccc(Cl)cc2Cl)cc1. The van der Waals surface area contributed by atoms with Gasteiger partial charge in [0.2, 0.25) is 0 Å². The van der Waals surface area contributed by atoms with Gasteiger partial charge >= 0.3 is 0 Å². The van der Waals surface area contributed by atoms with Crippen molar-refractivity contribution in [2.24, 2.45) is 5.16 Å². The molecule has 0 atom stereocenters. The van der Waals surface area contributed by atoms with Gasteiger partial charge in [-0.3, -0.25) is 0 Å². The van der Waals surface area contributed by atoms with Gasteiger partial charge in [-0.15, -0.1) is 0 Å². The first kappa shape index (κ1) is 17.3. The smallest absolute Gasteiger partial charge is 0.118 e. The zero-order valence-electron chi connectivity index (χ0n) is 13.4. The first-order chi connectivity index (χ1) is 12.1. The monoisotopic (exact) mass is 375 g/mol. The molecule has 3 rings (SSSR count). The third-order valence-corrected chi connectivity index (χ3v) is 4.21. The lowest BCUT2D eigenvalue weighted by Crippen LogP contribution is -2.04. The van der Waals surface area contributed by atoms with Crippen LogP contribution in [-0.2, 0) is 6.42 Å². The highest BCUT2D eigenvalue weighted by molar-refractivity contribution is 6.35. The fourth-order valence-electron chi connectivity index (χ4n) is 2.50. The minimum Gasteiger partial charge on any atom is -0.497 e. The molecule has 0 radical (unpaired) electrons. The summed E-state index contributed by atoms with van der Waals surface area (Å²) >= 11 is 12.3. The highest BCUT2D eigenvalue weighted by Crippen LogP contribution is 2.26. The number of rotatable bonds is 5. The number of ether oxygens (including phenoxy) is 1. The third-order valence-electron chi connectivity index (χ3n) is 3.67. The van der Waals surface area contributed by atoms with Crippen molar-refractivity contribution in [3.05, 3.63) is 75.5 Å². The van der Waals surface area contributed by atoms with E-state index in [1.165, 1.54) is 6.21 Å². The molecule has 0 saturated carbocycles. The van der Waals surface area contributed by atoms with E-state index in [0.717, 1.165) is 17.0 Å². The molecule has 7 heteroatoms. The molecular weight excluding hydrogens is 361 g/mol. The van der Waals surface area contributed by atoms with E-state index in [1.54, 1.807) is 30.0 Å². The molecule has 0 bridgehead atoms. The van der Waals surface area contributed by atoms with Crippen molar-refractivity contribution >= 4 is 29.4 Å². The average molecular weight is 376 g/mol. The number of hydrogen-bond donors (Lipinski definition) is 1. The largest absolute Gasteiger partial charge is 0.497 e. The Kier molecular flexibility index (Phi) is 5.26. The molecule has 1 aromatic heterocycles. The van der Waals surface area contributed by atoms with Gasteiger partial charge in [0.1, 0.15) is 11.4 Å². The Bertz CT molecular complexity index is 905. The van der Waals surface area contributed by atoms with E-state index in [0.29, 0.717) is 27.8 Å². The lowest BCUT2D eigenvalue weighted by atomic mass is 10.1. The molecular formula is C18H15Cl2N3O2. The van der Waals surface area contributed by atoms with Crippen LogP contribution in [0.4, 0.5) is 0 Å². The first-order valence-electron chi connectivity index (χ1n) is 7.45. The summed E-state index contributed by atoms with van der Waals surface area (Å²) in [7, 11) is 1.63. The Morgan fingerprint density at radius 3 is 2.56 bits per heavy atom. The molecule has 2 aromatic carbocycles. The van der Waals surface area contributed by atoms with Gasteiger partial charge in [0, 0.05) is 17.1 Å². The van der Waals surface area contributed by atoms with Crippen LogP contribution >= 0.6 is 23.2 Å². The van der Waals surface area contributed by atoms with Crippen LogP contribution in [0.5, 0.6) is 5.75 Å². The number of aromatic nitrogens is 2. The molecule has 0 unspecified atom stereocenters. The van der Waals surface area contributed by atoms with Crippen molar-refractivity contribution in [2.75, 3.05) is 7.11 Å². The Morgan fingerprint density at radius 2 is 1.92 bits per heavy atom. The van der Waals surface area contributed by atoms with Crippen molar-refractivity contribution in [2.45, 2.75) is 6.42 Å². The van der Waals surface area contributed by atoms with Gasteiger partial charge in [0.15, 0.2) is 0 Å². The normalized spacial score (nSPS) is 11.2.